The van der Waals surface area contributed by atoms with Gasteiger partial charge < -0.3 is 10.1 Å². The number of benzene rings is 1. The minimum absolute atomic E-state index is 0.364. The zero-order valence-electron chi connectivity index (χ0n) is 11.7. The summed E-state index contributed by atoms with van der Waals surface area (Å²) in [5.41, 5.74) is 3.86. The van der Waals surface area contributed by atoms with Gasteiger partial charge in [-0.2, -0.15) is 0 Å². The molecule has 2 rings (SSSR count). The van der Waals surface area contributed by atoms with Gasteiger partial charge in [-0.05, 0) is 24.6 Å². The van der Waals surface area contributed by atoms with E-state index < -0.39 is 0 Å². The van der Waals surface area contributed by atoms with Gasteiger partial charge in [-0.1, -0.05) is 29.8 Å². The Balaban J connectivity index is 1.85. The highest BCUT2D eigenvalue weighted by Gasteiger charge is 2.05. The van der Waals surface area contributed by atoms with Crippen molar-refractivity contribution in [3.8, 4) is 0 Å². The summed E-state index contributed by atoms with van der Waals surface area (Å²) in [5.74, 6) is -0.364. The molecule has 0 aliphatic heterocycles. The van der Waals surface area contributed by atoms with E-state index >= 15 is 0 Å². The molecule has 0 saturated heterocycles. The topological polar surface area (TPSA) is 51.2 Å². The number of hydrogen-bond acceptors (Lipinski definition) is 4. The molecule has 0 spiro atoms. The molecule has 0 bridgehead atoms. The van der Waals surface area contributed by atoms with Gasteiger partial charge in [0.15, 0.2) is 0 Å². The van der Waals surface area contributed by atoms with Gasteiger partial charge in [0.25, 0.3) is 0 Å². The third-order valence-electron chi connectivity index (χ3n) is 3.00. The molecular weight excluding hydrogens is 252 g/mol. The summed E-state index contributed by atoms with van der Waals surface area (Å²) in [6, 6.07) is 12.0. The van der Waals surface area contributed by atoms with Crippen LogP contribution in [0.1, 0.15) is 27.2 Å². The minimum atomic E-state index is -0.364. The van der Waals surface area contributed by atoms with Gasteiger partial charge in [0.1, 0.15) is 0 Å². The van der Waals surface area contributed by atoms with E-state index in [4.69, 9.17) is 0 Å². The normalized spacial score (nSPS) is 10.3. The molecule has 0 atom stereocenters. The zero-order valence-corrected chi connectivity index (χ0v) is 11.7. The molecule has 2 aromatic rings. The minimum Gasteiger partial charge on any atom is -0.465 e. The number of aryl methyl sites for hydroxylation is 1. The first-order chi connectivity index (χ1) is 9.69. The number of pyridine rings is 1. The van der Waals surface area contributed by atoms with Crippen LogP contribution in [0.5, 0.6) is 0 Å². The summed E-state index contributed by atoms with van der Waals surface area (Å²) in [6.45, 7) is 3.53. The molecule has 0 unspecified atom stereocenters. The Morgan fingerprint density at radius 1 is 1.15 bits per heavy atom. The fourth-order valence-corrected chi connectivity index (χ4v) is 1.81. The summed E-state index contributed by atoms with van der Waals surface area (Å²) in [4.78, 5) is 15.5. The Morgan fingerprint density at radius 3 is 2.50 bits per heavy atom. The molecule has 1 N–H and O–H groups in total. The lowest BCUT2D eigenvalue weighted by Crippen LogP contribution is -2.14. The molecule has 104 valence electrons. The highest BCUT2D eigenvalue weighted by Crippen LogP contribution is 2.04. The van der Waals surface area contributed by atoms with Crippen LogP contribution in [-0.4, -0.2) is 18.1 Å². The maximum atomic E-state index is 11.3. The summed E-state index contributed by atoms with van der Waals surface area (Å²) >= 11 is 0. The van der Waals surface area contributed by atoms with Crippen molar-refractivity contribution in [1.82, 2.24) is 10.3 Å². The molecule has 0 amide bonds. The third kappa shape index (κ3) is 3.90. The van der Waals surface area contributed by atoms with E-state index in [2.05, 4.69) is 46.2 Å². The Labute approximate surface area is 118 Å². The number of nitrogens with one attached hydrogen (secondary N) is 1. The molecule has 1 aromatic heterocycles. The first-order valence-electron chi connectivity index (χ1n) is 6.48. The highest BCUT2D eigenvalue weighted by atomic mass is 16.5. The first kappa shape index (κ1) is 14.2. The molecule has 4 heteroatoms. The largest absolute Gasteiger partial charge is 0.465 e. The van der Waals surface area contributed by atoms with E-state index in [0.717, 1.165) is 12.2 Å². The number of esters is 1. The fourth-order valence-electron chi connectivity index (χ4n) is 1.81. The number of aromatic nitrogens is 1. The second kappa shape index (κ2) is 6.82. The molecule has 0 fully saturated rings. The van der Waals surface area contributed by atoms with Crippen molar-refractivity contribution in [2.75, 3.05) is 7.11 Å². The van der Waals surface area contributed by atoms with E-state index in [0.29, 0.717) is 12.1 Å². The number of methoxy groups -OCH3 is 1. The van der Waals surface area contributed by atoms with Gasteiger partial charge in [-0.3, -0.25) is 4.98 Å². The number of rotatable bonds is 5. The summed E-state index contributed by atoms with van der Waals surface area (Å²) < 4.78 is 4.63. The van der Waals surface area contributed by atoms with Crippen LogP contribution in [0.4, 0.5) is 0 Å². The summed E-state index contributed by atoms with van der Waals surface area (Å²) in [7, 11) is 1.36. The Bertz CT molecular complexity index is 562. The molecule has 0 aliphatic rings. The average Bonchev–Trinajstić information content (AvgIpc) is 2.49. The Hall–Kier alpha value is -2.20. The number of nitrogens with zero attached hydrogens (tertiary/aromatic N) is 1. The van der Waals surface area contributed by atoms with E-state index in [1.165, 1.54) is 24.4 Å². The van der Waals surface area contributed by atoms with Crippen LogP contribution in [-0.2, 0) is 17.8 Å². The number of hydrogen-bond donors (Lipinski definition) is 1. The van der Waals surface area contributed by atoms with E-state index in [1.807, 2.05) is 6.07 Å². The lowest BCUT2D eigenvalue weighted by molar-refractivity contribution is 0.0600. The Morgan fingerprint density at radius 2 is 1.90 bits per heavy atom. The smallest absolute Gasteiger partial charge is 0.339 e. The predicted octanol–water partition coefficient (Wildman–Crippen LogP) is 2.47. The van der Waals surface area contributed by atoms with Crippen molar-refractivity contribution in [3.05, 3.63) is 65.0 Å². The predicted molar refractivity (Wildman–Crippen MR) is 77.3 cm³/mol. The molecular formula is C16H18N2O2. The second-order valence-electron chi connectivity index (χ2n) is 4.62. The van der Waals surface area contributed by atoms with E-state index in [1.54, 1.807) is 6.07 Å². The number of ether oxygens (including phenoxy) is 1. The van der Waals surface area contributed by atoms with Gasteiger partial charge in [0.05, 0.1) is 18.4 Å². The van der Waals surface area contributed by atoms with Gasteiger partial charge in [0.2, 0.25) is 0 Å². The number of carbonyl (C=O) groups excluding carboxylic acids is 1. The lowest BCUT2D eigenvalue weighted by atomic mass is 10.1. The van der Waals surface area contributed by atoms with Crippen LogP contribution < -0.4 is 5.32 Å². The molecule has 4 nitrogen and oxygen atoms in total. The van der Waals surface area contributed by atoms with Crippen molar-refractivity contribution in [2.45, 2.75) is 20.0 Å². The van der Waals surface area contributed by atoms with Crippen molar-refractivity contribution >= 4 is 5.97 Å². The first-order valence-corrected chi connectivity index (χ1v) is 6.48. The standard InChI is InChI=1S/C16H18N2O2/c1-12-3-5-13(6-4-12)9-17-11-15-8-7-14(10-18-15)16(19)20-2/h3-8,10,17H,9,11H2,1-2H3. The van der Waals surface area contributed by atoms with Crippen LogP contribution >= 0.6 is 0 Å². The molecule has 0 radical (unpaired) electrons. The monoisotopic (exact) mass is 270 g/mol. The SMILES string of the molecule is COC(=O)c1ccc(CNCc2ccc(C)cc2)nc1. The van der Waals surface area contributed by atoms with Crippen molar-refractivity contribution in [1.29, 1.82) is 0 Å². The number of carbonyl (C=O) groups is 1. The molecule has 1 heterocycles. The van der Waals surface area contributed by atoms with Gasteiger partial charge in [-0.15, -0.1) is 0 Å². The molecule has 20 heavy (non-hydrogen) atoms. The third-order valence-corrected chi connectivity index (χ3v) is 3.00. The van der Waals surface area contributed by atoms with Crippen LogP contribution in [0.3, 0.4) is 0 Å². The molecule has 1 aromatic carbocycles. The van der Waals surface area contributed by atoms with Gasteiger partial charge >= 0.3 is 5.97 Å². The molecule has 0 aliphatic carbocycles. The van der Waals surface area contributed by atoms with Crippen molar-refractivity contribution in [2.24, 2.45) is 0 Å². The fraction of sp³-hybridized carbons (Fsp3) is 0.250. The maximum Gasteiger partial charge on any atom is 0.339 e. The highest BCUT2D eigenvalue weighted by molar-refractivity contribution is 5.88. The summed E-state index contributed by atoms with van der Waals surface area (Å²) in [5, 5.41) is 3.32. The average molecular weight is 270 g/mol. The zero-order chi connectivity index (χ0) is 14.4. The van der Waals surface area contributed by atoms with E-state index in [-0.39, 0.29) is 5.97 Å². The van der Waals surface area contributed by atoms with E-state index in [9.17, 15) is 4.79 Å². The summed E-state index contributed by atoms with van der Waals surface area (Å²) in [6.07, 6.45) is 1.54. The maximum absolute atomic E-state index is 11.3. The van der Waals surface area contributed by atoms with Crippen LogP contribution in [0.25, 0.3) is 0 Å². The van der Waals surface area contributed by atoms with Crippen LogP contribution in [0.2, 0.25) is 0 Å². The van der Waals surface area contributed by atoms with Crippen molar-refractivity contribution < 1.29 is 9.53 Å². The second-order valence-corrected chi connectivity index (χ2v) is 4.62. The van der Waals surface area contributed by atoms with Crippen LogP contribution in [0, 0.1) is 6.92 Å². The Kier molecular flexibility index (Phi) is 4.85. The molecule has 0 saturated carbocycles. The quantitative estimate of drug-likeness (QED) is 0.848. The van der Waals surface area contributed by atoms with Gasteiger partial charge in [0, 0.05) is 19.3 Å². The van der Waals surface area contributed by atoms with Gasteiger partial charge in [-0.25, -0.2) is 4.79 Å². The van der Waals surface area contributed by atoms with Crippen LogP contribution in [0.15, 0.2) is 42.6 Å². The lowest BCUT2D eigenvalue weighted by Gasteiger charge is -2.05. The van der Waals surface area contributed by atoms with Crippen molar-refractivity contribution in [3.63, 3.8) is 0 Å².